The van der Waals surface area contributed by atoms with Crippen molar-refractivity contribution in [1.29, 1.82) is 0 Å². The second kappa shape index (κ2) is 8.45. The molecule has 0 aromatic heterocycles. The number of piperidine rings is 1. The molecule has 0 bridgehead atoms. The number of carbonyl (C=O) groups is 1. The lowest BCUT2D eigenvalue weighted by molar-refractivity contribution is -0.146. The third-order valence-electron chi connectivity index (χ3n) is 8.30. The highest BCUT2D eigenvalue weighted by Gasteiger charge is 2.54. The van der Waals surface area contributed by atoms with Crippen LogP contribution in [-0.4, -0.2) is 56.5 Å². The highest BCUT2D eigenvalue weighted by Crippen LogP contribution is 2.49. The molecule has 3 unspecified atom stereocenters. The van der Waals surface area contributed by atoms with Gasteiger partial charge in [-0.1, -0.05) is 44.8 Å². The first-order chi connectivity index (χ1) is 13.5. The van der Waals surface area contributed by atoms with Crippen LogP contribution < -0.4 is 0 Å². The van der Waals surface area contributed by atoms with E-state index in [0.29, 0.717) is 24.3 Å². The molecule has 3 N–H and O–H groups in total. The molecular weight excluding hydrogens is 354 g/mol. The van der Waals surface area contributed by atoms with Crippen LogP contribution in [0.5, 0.6) is 0 Å². The third kappa shape index (κ3) is 3.90. The summed E-state index contributed by atoms with van der Waals surface area (Å²) in [5.74, 6) is 0.940. The number of fused-ring (bicyclic) bond motifs is 3. The molecule has 2 saturated carbocycles. The highest BCUT2D eigenvalue weighted by atomic mass is 16.4. The van der Waals surface area contributed by atoms with Crippen molar-refractivity contribution in [2.24, 2.45) is 23.7 Å². The monoisotopic (exact) mass is 391 g/mol. The first kappa shape index (κ1) is 20.4. The number of rotatable bonds is 6. The van der Waals surface area contributed by atoms with Gasteiger partial charge >= 0.3 is 5.97 Å². The quantitative estimate of drug-likeness (QED) is 0.606. The van der Waals surface area contributed by atoms with E-state index < -0.39 is 18.2 Å². The lowest BCUT2D eigenvalue weighted by atomic mass is 9.86. The molecule has 5 nitrogen and oxygen atoms in total. The van der Waals surface area contributed by atoms with Crippen molar-refractivity contribution in [2.45, 2.75) is 101 Å². The Balaban J connectivity index is 1.38. The summed E-state index contributed by atoms with van der Waals surface area (Å²) in [6.45, 7) is 2.26. The minimum Gasteiger partial charge on any atom is -0.480 e. The van der Waals surface area contributed by atoms with Gasteiger partial charge in [-0.05, 0) is 56.3 Å². The first-order valence-electron chi connectivity index (χ1n) is 11.5. The van der Waals surface area contributed by atoms with Crippen LogP contribution in [0, 0.1) is 23.7 Å². The minimum atomic E-state index is -0.713. The fourth-order valence-electron chi connectivity index (χ4n) is 6.89. The van der Waals surface area contributed by atoms with Crippen molar-refractivity contribution in [3.05, 3.63) is 12.2 Å². The zero-order valence-corrected chi connectivity index (χ0v) is 17.1. The molecule has 4 rings (SSSR count). The van der Waals surface area contributed by atoms with E-state index in [1.54, 1.807) is 0 Å². The number of hydrogen-bond acceptors (Lipinski definition) is 4. The summed E-state index contributed by atoms with van der Waals surface area (Å²) in [4.78, 5) is 13.9. The normalized spacial score (nSPS) is 41.2. The molecule has 0 spiro atoms. The Labute approximate surface area is 168 Å². The summed E-state index contributed by atoms with van der Waals surface area (Å²) in [6, 6.07) is 0.132. The van der Waals surface area contributed by atoms with Crippen molar-refractivity contribution in [1.82, 2.24) is 4.90 Å². The summed E-state index contributed by atoms with van der Waals surface area (Å²) in [7, 11) is 0. The zero-order valence-electron chi connectivity index (χ0n) is 17.1. The van der Waals surface area contributed by atoms with Crippen molar-refractivity contribution in [3.8, 4) is 0 Å². The molecule has 8 atom stereocenters. The van der Waals surface area contributed by atoms with Gasteiger partial charge in [0.1, 0.15) is 6.04 Å². The van der Waals surface area contributed by atoms with Crippen LogP contribution in [0.25, 0.3) is 0 Å². The molecule has 2 aliphatic carbocycles. The Morgan fingerprint density at radius 2 is 1.89 bits per heavy atom. The largest absolute Gasteiger partial charge is 0.480 e. The fourth-order valence-corrected chi connectivity index (χ4v) is 6.89. The van der Waals surface area contributed by atoms with Crippen molar-refractivity contribution in [2.75, 3.05) is 0 Å². The molecule has 2 aliphatic heterocycles. The molecule has 0 aromatic carbocycles. The Bertz CT molecular complexity index is 587. The molecule has 2 saturated heterocycles. The summed E-state index contributed by atoms with van der Waals surface area (Å²) in [6.07, 6.45) is 13.6. The van der Waals surface area contributed by atoms with Crippen LogP contribution >= 0.6 is 0 Å². The molecule has 4 fully saturated rings. The SMILES string of the molecule is CC(C[C@@H](O)C=C[C@@H]1[C@H]2CC3CCCC(C(=O)O)N3[C@@H]2C[C@H]1O)C1CCCC1. The number of carboxylic acid groups (broad SMARTS) is 1. The van der Waals surface area contributed by atoms with Gasteiger partial charge in [0.15, 0.2) is 0 Å². The number of aliphatic hydroxyl groups is 2. The predicted octanol–water partition coefficient (Wildman–Crippen LogP) is 3.20. The molecule has 0 radical (unpaired) electrons. The average molecular weight is 392 g/mol. The van der Waals surface area contributed by atoms with Crippen molar-refractivity contribution in [3.63, 3.8) is 0 Å². The smallest absolute Gasteiger partial charge is 0.320 e. The molecule has 0 amide bonds. The number of aliphatic carboxylic acids is 1. The van der Waals surface area contributed by atoms with Gasteiger partial charge in [0.05, 0.1) is 12.2 Å². The summed E-state index contributed by atoms with van der Waals surface area (Å²) >= 11 is 0. The topological polar surface area (TPSA) is 81.0 Å². The number of hydrogen-bond donors (Lipinski definition) is 3. The predicted molar refractivity (Wildman–Crippen MR) is 108 cm³/mol. The van der Waals surface area contributed by atoms with Gasteiger partial charge in [-0.3, -0.25) is 9.69 Å². The van der Waals surface area contributed by atoms with Crippen LogP contribution in [0.4, 0.5) is 0 Å². The molecule has 5 heteroatoms. The molecule has 2 heterocycles. The van der Waals surface area contributed by atoms with Gasteiger partial charge in [-0.25, -0.2) is 0 Å². The second-order valence-electron chi connectivity index (χ2n) is 9.94. The van der Waals surface area contributed by atoms with E-state index in [0.717, 1.165) is 38.0 Å². The average Bonchev–Trinajstić information content (AvgIpc) is 3.36. The van der Waals surface area contributed by atoms with E-state index >= 15 is 0 Å². The zero-order chi connectivity index (χ0) is 19.8. The standard InChI is InChI=1S/C23H37NO4/c1-14(15-5-2-3-6-15)11-17(25)9-10-18-19-12-16-7-4-8-20(23(27)28)24(16)21(19)13-22(18)26/h9-10,14-22,25-26H,2-8,11-13H2,1H3,(H,27,28)/t14?,16?,17-,18+,19+,20?,21+,22+/m0/s1. The Kier molecular flexibility index (Phi) is 6.15. The van der Waals surface area contributed by atoms with Gasteiger partial charge in [-0.15, -0.1) is 0 Å². The Morgan fingerprint density at radius 3 is 2.61 bits per heavy atom. The lowest BCUT2D eigenvalue weighted by Crippen LogP contribution is -2.51. The van der Waals surface area contributed by atoms with Crippen LogP contribution in [0.3, 0.4) is 0 Å². The maximum atomic E-state index is 11.7. The molecule has 4 aliphatic rings. The van der Waals surface area contributed by atoms with Crippen LogP contribution in [0.15, 0.2) is 12.2 Å². The number of nitrogens with zero attached hydrogens (tertiary/aromatic N) is 1. The van der Waals surface area contributed by atoms with Gasteiger partial charge in [-0.2, -0.15) is 0 Å². The lowest BCUT2D eigenvalue weighted by Gasteiger charge is -2.38. The van der Waals surface area contributed by atoms with Crippen LogP contribution in [-0.2, 0) is 4.79 Å². The fraction of sp³-hybridized carbons (Fsp3) is 0.870. The van der Waals surface area contributed by atoms with Crippen LogP contribution in [0.2, 0.25) is 0 Å². The van der Waals surface area contributed by atoms with E-state index in [9.17, 15) is 20.1 Å². The van der Waals surface area contributed by atoms with Gasteiger partial charge in [0.25, 0.3) is 0 Å². The van der Waals surface area contributed by atoms with Gasteiger partial charge in [0.2, 0.25) is 0 Å². The number of carboxylic acids is 1. The van der Waals surface area contributed by atoms with Crippen LogP contribution in [0.1, 0.15) is 71.1 Å². The van der Waals surface area contributed by atoms with E-state index in [2.05, 4.69) is 17.9 Å². The summed E-state index contributed by atoms with van der Waals surface area (Å²) in [5, 5.41) is 30.8. The van der Waals surface area contributed by atoms with Crippen molar-refractivity contribution < 1.29 is 20.1 Å². The van der Waals surface area contributed by atoms with Gasteiger partial charge in [0, 0.05) is 18.0 Å². The van der Waals surface area contributed by atoms with E-state index in [1.807, 2.05) is 6.08 Å². The maximum absolute atomic E-state index is 11.7. The minimum absolute atomic E-state index is 0.0430. The highest BCUT2D eigenvalue weighted by molar-refractivity contribution is 5.73. The number of aliphatic hydroxyl groups excluding tert-OH is 2. The molecule has 28 heavy (non-hydrogen) atoms. The van der Waals surface area contributed by atoms with Gasteiger partial charge < -0.3 is 15.3 Å². The summed E-state index contributed by atoms with van der Waals surface area (Å²) < 4.78 is 0. The molecular formula is C23H37NO4. The first-order valence-corrected chi connectivity index (χ1v) is 11.5. The Morgan fingerprint density at radius 1 is 1.14 bits per heavy atom. The van der Waals surface area contributed by atoms with E-state index in [-0.39, 0.29) is 18.0 Å². The maximum Gasteiger partial charge on any atom is 0.320 e. The molecule has 158 valence electrons. The summed E-state index contributed by atoms with van der Waals surface area (Å²) in [5.41, 5.74) is 0. The van der Waals surface area contributed by atoms with Crippen molar-refractivity contribution >= 4 is 5.97 Å². The van der Waals surface area contributed by atoms with E-state index in [4.69, 9.17) is 0 Å². The molecule has 0 aromatic rings. The van der Waals surface area contributed by atoms with E-state index in [1.165, 1.54) is 25.7 Å². The third-order valence-corrected chi connectivity index (χ3v) is 8.30. The Hall–Kier alpha value is -0.910. The second-order valence-corrected chi connectivity index (χ2v) is 9.94.